The Bertz CT molecular complexity index is 785. The molecule has 0 aliphatic rings. The summed E-state index contributed by atoms with van der Waals surface area (Å²) in [5.41, 5.74) is 0.627. The number of carbonyl (C=O) groups is 2. The van der Waals surface area contributed by atoms with Crippen LogP contribution in [-0.4, -0.2) is 39.9 Å². The van der Waals surface area contributed by atoms with Crippen LogP contribution in [0.4, 0.5) is 4.39 Å². The number of hydrogen-bond donors (Lipinski definition) is 1. The summed E-state index contributed by atoms with van der Waals surface area (Å²) in [5.74, 6) is 0.174. The minimum Gasteiger partial charge on any atom is -0.345 e. The molecule has 0 fully saturated rings. The normalized spacial score (nSPS) is 11.9. The fourth-order valence-corrected chi connectivity index (χ4v) is 2.96. The van der Waals surface area contributed by atoms with E-state index in [1.165, 1.54) is 12.1 Å². The summed E-state index contributed by atoms with van der Waals surface area (Å²) in [6, 6.07) is 5.30. The van der Waals surface area contributed by atoms with Gasteiger partial charge in [-0.3, -0.25) is 9.59 Å². The van der Waals surface area contributed by atoms with Crippen molar-refractivity contribution in [1.29, 1.82) is 0 Å². The van der Waals surface area contributed by atoms with E-state index in [0.717, 1.165) is 25.9 Å². The molecular weight excluding hydrogens is 375 g/mol. The summed E-state index contributed by atoms with van der Waals surface area (Å²) in [7, 11) is 0. The van der Waals surface area contributed by atoms with Gasteiger partial charge >= 0.3 is 0 Å². The molecule has 0 saturated carbocycles. The van der Waals surface area contributed by atoms with Crippen LogP contribution in [0.1, 0.15) is 64.8 Å². The van der Waals surface area contributed by atoms with Crippen LogP contribution in [-0.2, 0) is 9.59 Å². The molecule has 7 nitrogen and oxygen atoms in total. The standard InChI is InChI=1S/C21H29FN4O3/c1-4-13-26(14-5-2)19(28)8-6-7-18(27)23-15(3)21-24-20(25-29-21)16-9-11-17(22)12-10-16/h9-12,15H,4-8,13-14H2,1-3H3,(H,23,27). The van der Waals surface area contributed by atoms with Gasteiger partial charge in [0, 0.05) is 31.5 Å². The van der Waals surface area contributed by atoms with E-state index in [2.05, 4.69) is 15.5 Å². The third-order valence-corrected chi connectivity index (χ3v) is 4.43. The monoisotopic (exact) mass is 404 g/mol. The Labute approximate surface area is 170 Å². The molecule has 0 radical (unpaired) electrons. The van der Waals surface area contributed by atoms with E-state index in [1.807, 2.05) is 18.7 Å². The average Bonchev–Trinajstić information content (AvgIpc) is 3.18. The van der Waals surface area contributed by atoms with Crippen LogP contribution in [0.3, 0.4) is 0 Å². The van der Waals surface area contributed by atoms with Crippen LogP contribution in [0.15, 0.2) is 28.8 Å². The lowest BCUT2D eigenvalue weighted by Crippen LogP contribution is -2.32. The quantitative estimate of drug-likeness (QED) is 0.614. The Balaban J connectivity index is 1.80. The molecule has 158 valence electrons. The number of aromatic nitrogens is 2. The molecule has 1 aromatic carbocycles. The number of amides is 2. The van der Waals surface area contributed by atoms with E-state index in [4.69, 9.17) is 4.52 Å². The number of rotatable bonds is 11. The molecule has 29 heavy (non-hydrogen) atoms. The Morgan fingerprint density at radius 2 is 1.79 bits per heavy atom. The van der Waals surface area contributed by atoms with E-state index in [9.17, 15) is 14.0 Å². The minimum atomic E-state index is -0.461. The van der Waals surface area contributed by atoms with E-state index in [-0.39, 0.29) is 29.9 Å². The largest absolute Gasteiger partial charge is 0.345 e. The Kier molecular flexibility index (Phi) is 8.76. The van der Waals surface area contributed by atoms with Crippen molar-refractivity contribution in [2.45, 2.75) is 58.9 Å². The van der Waals surface area contributed by atoms with Crippen molar-refractivity contribution >= 4 is 11.8 Å². The summed E-state index contributed by atoms with van der Waals surface area (Å²) in [6.07, 6.45) is 2.95. The fraction of sp³-hybridized carbons (Fsp3) is 0.524. The molecule has 1 heterocycles. The summed E-state index contributed by atoms with van der Waals surface area (Å²) in [4.78, 5) is 30.5. The Hall–Kier alpha value is -2.77. The molecule has 0 bridgehead atoms. The van der Waals surface area contributed by atoms with Gasteiger partial charge in [-0.2, -0.15) is 4.98 Å². The second kappa shape index (κ2) is 11.3. The van der Waals surface area contributed by atoms with Gasteiger partial charge in [-0.1, -0.05) is 19.0 Å². The molecule has 0 aliphatic carbocycles. The van der Waals surface area contributed by atoms with Crippen LogP contribution < -0.4 is 5.32 Å². The second-order valence-electron chi connectivity index (χ2n) is 6.99. The summed E-state index contributed by atoms with van der Waals surface area (Å²) < 4.78 is 18.2. The third-order valence-electron chi connectivity index (χ3n) is 4.43. The van der Waals surface area contributed by atoms with E-state index in [1.54, 1.807) is 19.1 Å². The molecule has 1 N–H and O–H groups in total. The number of hydrogen-bond acceptors (Lipinski definition) is 5. The maximum atomic E-state index is 13.0. The van der Waals surface area contributed by atoms with Crippen molar-refractivity contribution in [2.75, 3.05) is 13.1 Å². The smallest absolute Gasteiger partial charge is 0.249 e. The maximum absolute atomic E-state index is 13.0. The van der Waals surface area contributed by atoms with Crippen molar-refractivity contribution in [3.63, 3.8) is 0 Å². The first-order valence-electron chi connectivity index (χ1n) is 10.1. The molecule has 1 unspecified atom stereocenters. The highest BCUT2D eigenvalue weighted by molar-refractivity contribution is 5.79. The SMILES string of the molecule is CCCN(CCC)C(=O)CCCC(=O)NC(C)c1nc(-c2ccc(F)cc2)no1. The van der Waals surface area contributed by atoms with E-state index >= 15 is 0 Å². The fourth-order valence-electron chi connectivity index (χ4n) is 2.96. The summed E-state index contributed by atoms with van der Waals surface area (Å²) in [5, 5.41) is 6.68. The molecule has 2 amide bonds. The molecular formula is C21H29FN4O3. The van der Waals surface area contributed by atoms with Crippen LogP contribution in [0.5, 0.6) is 0 Å². The predicted octanol–water partition coefficient (Wildman–Crippen LogP) is 3.87. The number of nitrogens with zero attached hydrogens (tertiary/aromatic N) is 3. The molecule has 0 spiro atoms. The molecule has 1 aromatic heterocycles. The van der Waals surface area contributed by atoms with E-state index < -0.39 is 6.04 Å². The molecule has 2 rings (SSSR count). The molecule has 8 heteroatoms. The highest BCUT2D eigenvalue weighted by Crippen LogP contribution is 2.19. The first-order valence-corrected chi connectivity index (χ1v) is 10.1. The van der Waals surface area contributed by atoms with Crippen molar-refractivity contribution in [2.24, 2.45) is 0 Å². The topological polar surface area (TPSA) is 88.3 Å². The Morgan fingerprint density at radius 1 is 1.14 bits per heavy atom. The van der Waals surface area contributed by atoms with Gasteiger partial charge in [0.25, 0.3) is 0 Å². The van der Waals surface area contributed by atoms with Gasteiger partial charge in [0.05, 0.1) is 0 Å². The van der Waals surface area contributed by atoms with Crippen molar-refractivity contribution in [3.8, 4) is 11.4 Å². The van der Waals surface area contributed by atoms with Crippen LogP contribution >= 0.6 is 0 Å². The van der Waals surface area contributed by atoms with Gasteiger partial charge in [-0.05, 0) is 50.5 Å². The molecule has 2 aromatic rings. The van der Waals surface area contributed by atoms with Gasteiger partial charge in [-0.25, -0.2) is 4.39 Å². The number of benzene rings is 1. The van der Waals surface area contributed by atoms with Crippen LogP contribution in [0.25, 0.3) is 11.4 Å². The van der Waals surface area contributed by atoms with Gasteiger partial charge in [0.1, 0.15) is 11.9 Å². The average molecular weight is 404 g/mol. The molecule has 0 aliphatic heterocycles. The zero-order valence-electron chi connectivity index (χ0n) is 17.3. The van der Waals surface area contributed by atoms with Crippen molar-refractivity contribution < 1.29 is 18.5 Å². The van der Waals surface area contributed by atoms with Crippen molar-refractivity contribution in [1.82, 2.24) is 20.4 Å². The molecule has 1 atom stereocenters. The third kappa shape index (κ3) is 6.96. The zero-order chi connectivity index (χ0) is 21.2. The Morgan fingerprint density at radius 3 is 2.41 bits per heavy atom. The highest BCUT2D eigenvalue weighted by atomic mass is 19.1. The first-order chi connectivity index (χ1) is 13.9. The van der Waals surface area contributed by atoms with Gasteiger partial charge in [-0.15, -0.1) is 0 Å². The second-order valence-corrected chi connectivity index (χ2v) is 6.99. The summed E-state index contributed by atoms with van der Waals surface area (Å²) in [6.45, 7) is 7.34. The predicted molar refractivity (Wildman–Crippen MR) is 107 cm³/mol. The summed E-state index contributed by atoms with van der Waals surface area (Å²) >= 11 is 0. The van der Waals surface area contributed by atoms with E-state index in [0.29, 0.717) is 24.2 Å². The van der Waals surface area contributed by atoms with Crippen molar-refractivity contribution in [3.05, 3.63) is 36.0 Å². The zero-order valence-corrected chi connectivity index (χ0v) is 17.3. The van der Waals surface area contributed by atoms with Gasteiger partial charge < -0.3 is 14.7 Å². The number of carbonyl (C=O) groups excluding carboxylic acids is 2. The maximum Gasteiger partial charge on any atom is 0.249 e. The van der Waals surface area contributed by atoms with Crippen LogP contribution in [0.2, 0.25) is 0 Å². The molecule has 0 saturated heterocycles. The van der Waals surface area contributed by atoms with Crippen LogP contribution in [0, 0.1) is 5.82 Å². The lowest BCUT2D eigenvalue weighted by molar-refractivity contribution is -0.131. The lowest BCUT2D eigenvalue weighted by Gasteiger charge is -2.21. The minimum absolute atomic E-state index is 0.0930. The number of halogens is 1. The van der Waals surface area contributed by atoms with Gasteiger partial charge in [0.15, 0.2) is 0 Å². The van der Waals surface area contributed by atoms with Gasteiger partial charge in [0.2, 0.25) is 23.5 Å². The number of nitrogens with one attached hydrogen (secondary N) is 1. The first kappa shape index (κ1) is 22.5. The highest BCUT2D eigenvalue weighted by Gasteiger charge is 2.18. The lowest BCUT2D eigenvalue weighted by atomic mass is 10.2.